The summed E-state index contributed by atoms with van der Waals surface area (Å²) in [7, 11) is 1.84. The third-order valence-corrected chi connectivity index (χ3v) is 2.17. The van der Waals surface area contributed by atoms with Crippen molar-refractivity contribution in [2.24, 2.45) is 5.92 Å². The fourth-order valence-electron chi connectivity index (χ4n) is 1.26. The zero-order valence-corrected chi connectivity index (χ0v) is 9.10. The minimum Gasteiger partial charge on any atom is -0.481 e. The van der Waals surface area contributed by atoms with Crippen molar-refractivity contribution in [2.45, 2.75) is 20.4 Å². The Morgan fingerprint density at radius 1 is 1.60 bits per heavy atom. The van der Waals surface area contributed by atoms with Gasteiger partial charge < -0.3 is 5.11 Å². The first-order valence-electron chi connectivity index (χ1n) is 4.70. The molecule has 1 heterocycles. The number of carboxylic acid groups (broad SMARTS) is 1. The molecular weight excluding hydrogens is 198 g/mol. The highest BCUT2D eigenvalue weighted by atomic mass is 16.6. The van der Waals surface area contributed by atoms with Gasteiger partial charge in [-0.1, -0.05) is 17.2 Å². The van der Waals surface area contributed by atoms with Crippen molar-refractivity contribution < 1.29 is 14.5 Å². The van der Waals surface area contributed by atoms with Gasteiger partial charge in [0.1, 0.15) is 11.4 Å². The predicted octanol–water partition coefficient (Wildman–Crippen LogP) is 0.531. The lowest BCUT2D eigenvalue weighted by atomic mass is 10.2. The molecule has 0 radical (unpaired) electrons. The number of hydrogen-bond acceptors (Lipinski definition) is 5. The second-order valence-electron chi connectivity index (χ2n) is 3.73. The molecule has 0 amide bonds. The van der Waals surface area contributed by atoms with Crippen LogP contribution in [0.5, 0.6) is 0 Å². The maximum Gasteiger partial charge on any atom is 0.307 e. The first-order valence-corrected chi connectivity index (χ1v) is 4.70. The van der Waals surface area contributed by atoms with E-state index in [1.807, 2.05) is 11.9 Å². The molecule has 0 saturated heterocycles. The van der Waals surface area contributed by atoms with Gasteiger partial charge >= 0.3 is 5.97 Å². The number of aryl methyl sites for hydroxylation is 1. The van der Waals surface area contributed by atoms with Crippen LogP contribution < -0.4 is 0 Å². The van der Waals surface area contributed by atoms with Gasteiger partial charge in [-0.3, -0.25) is 9.69 Å². The average molecular weight is 213 g/mol. The van der Waals surface area contributed by atoms with Crippen LogP contribution in [0.15, 0.2) is 4.63 Å². The van der Waals surface area contributed by atoms with Crippen molar-refractivity contribution in [1.82, 2.24) is 15.2 Å². The Morgan fingerprint density at radius 3 is 2.73 bits per heavy atom. The summed E-state index contributed by atoms with van der Waals surface area (Å²) in [6, 6.07) is 0. The molecule has 0 bridgehead atoms. The Labute approximate surface area is 87.8 Å². The third kappa shape index (κ3) is 3.32. The second-order valence-corrected chi connectivity index (χ2v) is 3.73. The lowest BCUT2D eigenvalue weighted by Gasteiger charge is -2.17. The second kappa shape index (κ2) is 4.88. The van der Waals surface area contributed by atoms with Gasteiger partial charge in [-0.25, -0.2) is 4.63 Å². The van der Waals surface area contributed by atoms with Crippen LogP contribution >= 0.6 is 0 Å². The van der Waals surface area contributed by atoms with E-state index in [9.17, 15) is 4.79 Å². The molecule has 84 valence electrons. The summed E-state index contributed by atoms with van der Waals surface area (Å²) in [6.45, 7) is 4.50. The van der Waals surface area contributed by atoms with E-state index < -0.39 is 11.9 Å². The number of hydrogen-bond donors (Lipinski definition) is 1. The van der Waals surface area contributed by atoms with E-state index >= 15 is 0 Å². The van der Waals surface area contributed by atoms with Gasteiger partial charge in [-0.05, 0) is 14.0 Å². The summed E-state index contributed by atoms with van der Waals surface area (Å²) in [5.74, 6) is -1.19. The molecule has 1 aromatic heterocycles. The molecule has 1 aromatic rings. The van der Waals surface area contributed by atoms with E-state index in [0.717, 1.165) is 11.4 Å². The van der Waals surface area contributed by atoms with Gasteiger partial charge in [-0.15, -0.1) is 0 Å². The van der Waals surface area contributed by atoms with Gasteiger partial charge in [0.15, 0.2) is 0 Å². The van der Waals surface area contributed by atoms with Gasteiger partial charge in [0.2, 0.25) is 0 Å². The van der Waals surface area contributed by atoms with Crippen molar-refractivity contribution in [2.75, 3.05) is 13.6 Å². The lowest BCUT2D eigenvalue weighted by Crippen LogP contribution is -2.28. The Bertz CT molecular complexity index is 337. The first-order chi connectivity index (χ1) is 7.00. The van der Waals surface area contributed by atoms with Gasteiger partial charge in [0.05, 0.1) is 5.92 Å². The minimum atomic E-state index is -0.795. The van der Waals surface area contributed by atoms with Crippen molar-refractivity contribution in [1.29, 1.82) is 0 Å². The molecule has 0 aliphatic heterocycles. The summed E-state index contributed by atoms with van der Waals surface area (Å²) in [5, 5.41) is 16.1. The predicted molar refractivity (Wildman–Crippen MR) is 52.2 cm³/mol. The maximum absolute atomic E-state index is 10.6. The number of aliphatic carboxylic acids is 1. The monoisotopic (exact) mass is 213 g/mol. The first kappa shape index (κ1) is 11.6. The SMILES string of the molecule is Cc1nonc1CN(C)CC(C)C(=O)O. The van der Waals surface area contributed by atoms with Gasteiger partial charge in [0.25, 0.3) is 0 Å². The summed E-state index contributed by atoms with van der Waals surface area (Å²) >= 11 is 0. The van der Waals surface area contributed by atoms with Crippen LogP contribution in [0.25, 0.3) is 0 Å². The van der Waals surface area contributed by atoms with Crippen LogP contribution in [0.4, 0.5) is 0 Å². The molecular formula is C9H15N3O3. The molecule has 0 fully saturated rings. The van der Waals surface area contributed by atoms with E-state index in [1.165, 1.54) is 0 Å². The van der Waals surface area contributed by atoms with Crippen LogP contribution in [0.2, 0.25) is 0 Å². The van der Waals surface area contributed by atoms with Crippen LogP contribution in [0, 0.1) is 12.8 Å². The average Bonchev–Trinajstić information content (AvgIpc) is 2.51. The van der Waals surface area contributed by atoms with Crippen molar-refractivity contribution >= 4 is 5.97 Å². The Hall–Kier alpha value is -1.43. The quantitative estimate of drug-likeness (QED) is 0.768. The standard InChI is InChI=1S/C9H15N3O3/c1-6(9(13)14)4-12(3)5-8-7(2)10-15-11-8/h6H,4-5H2,1-3H3,(H,13,14). The van der Waals surface area contributed by atoms with Crippen molar-refractivity contribution in [3.05, 3.63) is 11.4 Å². The van der Waals surface area contributed by atoms with Crippen LogP contribution in [0.3, 0.4) is 0 Å². The van der Waals surface area contributed by atoms with E-state index in [2.05, 4.69) is 14.9 Å². The molecule has 15 heavy (non-hydrogen) atoms. The number of rotatable bonds is 5. The third-order valence-electron chi connectivity index (χ3n) is 2.17. The van der Waals surface area contributed by atoms with E-state index in [0.29, 0.717) is 13.1 Å². The Kier molecular flexibility index (Phi) is 3.79. The largest absolute Gasteiger partial charge is 0.481 e. The molecule has 1 unspecified atom stereocenters. The summed E-state index contributed by atoms with van der Waals surface area (Å²) < 4.78 is 4.56. The molecule has 1 rings (SSSR count). The van der Waals surface area contributed by atoms with E-state index in [-0.39, 0.29) is 0 Å². The highest BCUT2D eigenvalue weighted by Gasteiger charge is 2.15. The van der Waals surface area contributed by atoms with E-state index in [4.69, 9.17) is 5.11 Å². The number of nitrogens with zero attached hydrogens (tertiary/aromatic N) is 3. The molecule has 0 aliphatic rings. The van der Waals surface area contributed by atoms with Crippen molar-refractivity contribution in [3.63, 3.8) is 0 Å². The summed E-state index contributed by atoms with van der Waals surface area (Å²) in [6.07, 6.45) is 0. The molecule has 0 aliphatic carbocycles. The van der Waals surface area contributed by atoms with Crippen LogP contribution in [-0.2, 0) is 11.3 Å². The van der Waals surface area contributed by atoms with Crippen LogP contribution in [-0.4, -0.2) is 39.9 Å². The smallest absolute Gasteiger partial charge is 0.307 e. The molecule has 0 saturated carbocycles. The fourth-order valence-corrected chi connectivity index (χ4v) is 1.26. The lowest BCUT2D eigenvalue weighted by molar-refractivity contribution is -0.141. The van der Waals surface area contributed by atoms with Crippen molar-refractivity contribution in [3.8, 4) is 0 Å². The maximum atomic E-state index is 10.6. The molecule has 6 nitrogen and oxygen atoms in total. The molecule has 6 heteroatoms. The molecule has 0 aromatic carbocycles. The fraction of sp³-hybridized carbons (Fsp3) is 0.667. The highest BCUT2D eigenvalue weighted by Crippen LogP contribution is 2.06. The van der Waals surface area contributed by atoms with Gasteiger partial charge in [0, 0.05) is 13.1 Å². The number of carboxylic acids is 1. The van der Waals surface area contributed by atoms with Gasteiger partial charge in [-0.2, -0.15) is 0 Å². The summed E-state index contributed by atoms with van der Waals surface area (Å²) in [5.41, 5.74) is 1.49. The van der Waals surface area contributed by atoms with Crippen LogP contribution in [0.1, 0.15) is 18.3 Å². The zero-order chi connectivity index (χ0) is 11.4. The normalized spacial score (nSPS) is 13.1. The Morgan fingerprint density at radius 2 is 2.27 bits per heavy atom. The van der Waals surface area contributed by atoms with E-state index in [1.54, 1.807) is 13.8 Å². The topological polar surface area (TPSA) is 79.5 Å². The zero-order valence-electron chi connectivity index (χ0n) is 9.10. The molecule has 1 atom stereocenters. The molecule has 0 spiro atoms. The highest BCUT2D eigenvalue weighted by molar-refractivity contribution is 5.69. The number of carbonyl (C=O) groups is 1. The summed E-state index contributed by atoms with van der Waals surface area (Å²) in [4.78, 5) is 12.5. The number of aromatic nitrogens is 2. The minimum absolute atomic E-state index is 0.393. The molecule has 1 N–H and O–H groups in total. The Balaban J connectivity index is 2.46.